The molecule has 0 saturated carbocycles. The number of hydrogen-bond donors (Lipinski definition) is 1. The van der Waals surface area contributed by atoms with E-state index in [2.05, 4.69) is 16.3 Å². The average molecular weight is 264 g/mol. The van der Waals surface area contributed by atoms with Crippen molar-refractivity contribution in [1.82, 2.24) is 10.2 Å². The molecule has 0 spiro atoms. The SMILES string of the molecule is CC1=CCCC(C(=O)NCCCN2CCOCC2)=C1. The molecule has 0 radical (unpaired) electrons. The van der Waals surface area contributed by atoms with Crippen molar-refractivity contribution in [2.75, 3.05) is 39.4 Å². The molecule has 1 amide bonds. The highest BCUT2D eigenvalue weighted by Gasteiger charge is 2.12. The van der Waals surface area contributed by atoms with Crippen molar-refractivity contribution in [3.8, 4) is 0 Å². The van der Waals surface area contributed by atoms with E-state index in [-0.39, 0.29) is 5.91 Å². The summed E-state index contributed by atoms with van der Waals surface area (Å²) in [6.07, 6.45) is 7.04. The Labute approximate surface area is 115 Å². The van der Waals surface area contributed by atoms with E-state index >= 15 is 0 Å². The Bertz CT molecular complexity index is 368. The van der Waals surface area contributed by atoms with Crippen LogP contribution in [-0.2, 0) is 9.53 Å². The third-order valence-electron chi connectivity index (χ3n) is 3.61. The molecular weight excluding hydrogens is 240 g/mol. The normalized spacial score (nSPS) is 20.7. The van der Waals surface area contributed by atoms with E-state index in [1.165, 1.54) is 5.57 Å². The first kappa shape index (κ1) is 14.3. The Balaban J connectivity index is 1.62. The number of rotatable bonds is 5. The number of allylic oxidation sites excluding steroid dienone is 3. The number of morpholine rings is 1. The molecule has 2 rings (SSSR count). The first-order valence-corrected chi connectivity index (χ1v) is 7.21. The summed E-state index contributed by atoms with van der Waals surface area (Å²) in [4.78, 5) is 14.3. The smallest absolute Gasteiger partial charge is 0.247 e. The van der Waals surface area contributed by atoms with E-state index in [1.807, 2.05) is 13.0 Å². The molecule has 0 aromatic rings. The van der Waals surface area contributed by atoms with Crippen molar-refractivity contribution in [3.05, 3.63) is 23.3 Å². The van der Waals surface area contributed by atoms with Gasteiger partial charge in [0, 0.05) is 25.2 Å². The second-order valence-corrected chi connectivity index (χ2v) is 5.22. The van der Waals surface area contributed by atoms with Gasteiger partial charge in [-0.25, -0.2) is 0 Å². The zero-order valence-corrected chi connectivity index (χ0v) is 11.8. The summed E-state index contributed by atoms with van der Waals surface area (Å²) < 4.78 is 5.31. The summed E-state index contributed by atoms with van der Waals surface area (Å²) in [5.74, 6) is 0.106. The average Bonchev–Trinajstić information content (AvgIpc) is 2.44. The van der Waals surface area contributed by atoms with Gasteiger partial charge in [-0.3, -0.25) is 9.69 Å². The molecule has 4 nitrogen and oxygen atoms in total. The minimum atomic E-state index is 0.106. The molecule has 19 heavy (non-hydrogen) atoms. The van der Waals surface area contributed by atoms with Gasteiger partial charge >= 0.3 is 0 Å². The molecule has 0 bridgehead atoms. The number of nitrogens with one attached hydrogen (secondary N) is 1. The van der Waals surface area contributed by atoms with Gasteiger partial charge in [-0.15, -0.1) is 0 Å². The Morgan fingerprint density at radius 3 is 2.95 bits per heavy atom. The first-order chi connectivity index (χ1) is 9.25. The van der Waals surface area contributed by atoms with Gasteiger partial charge in [0.1, 0.15) is 0 Å². The number of nitrogens with zero attached hydrogens (tertiary/aromatic N) is 1. The second kappa shape index (κ2) is 7.46. The maximum atomic E-state index is 12.0. The molecule has 1 aliphatic carbocycles. The van der Waals surface area contributed by atoms with Crippen LogP contribution < -0.4 is 5.32 Å². The van der Waals surface area contributed by atoms with Crippen LogP contribution in [0.4, 0.5) is 0 Å². The topological polar surface area (TPSA) is 41.6 Å². The van der Waals surface area contributed by atoms with Crippen molar-refractivity contribution >= 4 is 5.91 Å². The molecule has 2 aliphatic rings. The van der Waals surface area contributed by atoms with Crippen molar-refractivity contribution in [2.24, 2.45) is 0 Å². The van der Waals surface area contributed by atoms with Gasteiger partial charge in [-0.1, -0.05) is 17.7 Å². The molecule has 1 heterocycles. The van der Waals surface area contributed by atoms with Gasteiger partial charge in [0.05, 0.1) is 13.2 Å². The molecule has 1 aliphatic heterocycles. The zero-order valence-electron chi connectivity index (χ0n) is 11.8. The lowest BCUT2D eigenvalue weighted by Crippen LogP contribution is -2.38. The summed E-state index contributed by atoms with van der Waals surface area (Å²) >= 11 is 0. The van der Waals surface area contributed by atoms with Gasteiger partial charge in [-0.05, 0) is 32.7 Å². The van der Waals surface area contributed by atoms with Crippen LogP contribution in [-0.4, -0.2) is 50.2 Å². The maximum Gasteiger partial charge on any atom is 0.247 e. The molecule has 4 heteroatoms. The van der Waals surface area contributed by atoms with Crippen molar-refractivity contribution in [2.45, 2.75) is 26.2 Å². The number of amides is 1. The quantitative estimate of drug-likeness (QED) is 0.765. The lowest BCUT2D eigenvalue weighted by molar-refractivity contribution is -0.117. The summed E-state index contributed by atoms with van der Waals surface area (Å²) in [7, 11) is 0. The summed E-state index contributed by atoms with van der Waals surface area (Å²) in [6.45, 7) is 7.56. The lowest BCUT2D eigenvalue weighted by Gasteiger charge is -2.26. The fourth-order valence-corrected chi connectivity index (χ4v) is 2.48. The van der Waals surface area contributed by atoms with Crippen LogP contribution in [0.3, 0.4) is 0 Å². The molecular formula is C15H24N2O2. The molecule has 0 aromatic carbocycles. The molecule has 0 aromatic heterocycles. The van der Waals surface area contributed by atoms with Crippen LogP contribution in [0.1, 0.15) is 26.2 Å². The van der Waals surface area contributed by atoms with Crippen molar-refractivity contribution < 1.29 is 9.53 Å². The number of carbonyl (C=O) groups excluding carboxylic acids is 1. The predicted molar refractivity (Wildman–Crippen MR) is 76.0 cm³/mol. The van der Waals surface area contributed by atoms with Crippen LogP contribution in [0.5, 0.6) is 0 Å². The minimum absolute atomic E-state index is 0.106. The fourth-order valence-electron chi connectivity index (χ4n) is 2.48. The van der Waals surface area contributed by atoms with Crippen LogP contribution in [0.25, 0.3) is 0 Å². The van der Waals surface area contributed by atoms with Crippen molar-refractivity contribution in [3.63, 3.8) is 0 Å². The fraction of sp³-hybridized carbons (Fsp3) is 0.667. The van der Waals surface area contributed by atoms with Gasteiger partial charge in [0.25, 0.3) is 0 Å². The molecule has 1 saturated heterocycles. The van der Waals surface area contributed by atoms with E-state index in [0.29, 0.717) is 0 Å². The highest BCUT2D eigenvalue weighted by atomic mass is 16.5. The van der Waals surface area contributed by atoms with Crippen LogP contribution >= 0.6 is 0 Å². The van der Waals surface area contributed by atoms with Gasteiger partial charge in [0.15, 0.2) is 0 Å². The Morgan fingerprint density at radius 1 is 1.42 bits per heavy atom. The third kappa shape index (κ3) is 4.80. The van der Waals surface area contributed by atoms with Crippen molar-refractivity contribution in [1.29, 1.82) is 0 Å². The largest absolute Gasteiger partial charge is 0.379 e. The molecule has 0 unspecified atom stereocenters. The standard InChI is InChI=1S/C15H24N2O2/c1-13-4-2-5-14(12-13)15(18)16-6-3-7-17-8-10-19-11-9-17/h4,12H,2-3,5-11H2,1H3,(H,16,18). The van der Waals surface area contributed by atoms with Crippen LogP contribution in [0.2, 0.25) is 0 Å². The highest BCUT2D eigenvalue weighted by Crippen LogP contribution is 2.16. The van der Waals surface area contributed by atoms with Gasteiger partial charge < -0.3 is 10.1 Å². The summed E-state index contributed by atoms with van der Waals surface area (Å²) in [6, 6.07) is 0. The molecule has 1 N–H and O–H groups in total. The lowest BCUT2D eigenvalue weighted by atomic mass is 10.00. The van der Waals surface area contributed by atoms with E-state index < -0.39 is 0 Å². The molecule has 106 valence electrons. The van der Waals surface area contributed by atoms with Crippen LogP contribution in [0.15, 0.2) is 23.3 Å². The number of ether oxygens (including phenoxy) is 1. The van der Waals surface area contributed by atoms with Crippen LogP contribution in [0, 0.1) is 0 Å². The monoisotopic (exact) mass is 264 g/mol. The van der Waals surface area contributed by atoms with Gasteiger partial charge in [-0.2, -0.15) is 0 Å². The minimum Gasteiger partial charge on any atom is -0.379 e. The van der Waals surface area contributed by atoms with E-state index in [1.54, 1.807) is 0 Å². The maximum absolute atomic E-state index is 12.0. The number of carbonyl (C=O) groups is 1. The Morgan fingerprint density at radius 2 is 2.21 bits per heavy atom. The van der Waals surface area contributed by atoms with Gasteiger partial charge in [0.2, 0.25) is 5.91 Å². The van der Waals surface area contributed by atoms with E-state index in [9.17, 15) is 4.79 Å². The molecule has 1 fully saturated rings. The summed E-state index contributed by atoms with van der Waals surface area (Å²) in [5, 5.41) is 3.02. The Hall–Kier alpha value is -1.13. The molecule has 0 atom stereocenters. The number of hydrogen-bond acceptors (Lipinski definition) is 3. The highest BCUT2D eigenvalue weighted by molar-refractivity contribution is 5.94. The van der Waals surface area contributed by atoms with E-state index in [0.717, 1.165) is 64.2 Å². The predicted octanol–water partition coefficient (Wildman–Crippen LogP) is 1.49. The summed E-state index contributed by atoms with van der Waals surface area (Å²) in [5.41, 5.74) is 2.12. The first-order valence-electron chi connectivity index (χ1n) is 7.21. The zero-order chi connectivity index (χ0) is 13.5. The van der Waals surface area contributed by atoms with E-state index in [4.69, 9.17) is 4.74 Å². The third-order valence-corrected chi connectivity index (χ3v) is 3.61. The Kier molecular flexibility index (Phi) is 5.61. The second-order valence-electron chi connectivity index (χ2n) is 5.22.